The van der Waals surface area contributed by atoms with Crippen LogP contribution in [0.15, 0.2) is 0 Å². The van der Waals surface area contributed by atoms with Gasteiger partial charge in [-0.3, -0.25) is 4.90 Å². The van der Waals surface area contributed by atoms with Crippen LogP contribution < -0.4 is 5.73 Å². The van der Waals surface area contributed by atoms with E-state index in [0.717, 1.165) is 18.4 Å². The lowest BCUT2D eigenvalue weighted by Crippen LogP contribution is -2.60. The van der Waals surface area contributed by atoms with Gasteiger partial charge in [-0.25, -0.2) is 0 Å². The van der Waals surface area contributed by atoms with E-state index in [9.17, 15) is 0 Å². The first kappa shape index (κ1) is 17.3. The molecule has 0 aromatic rings. The van der Waals surface area contributed by atoms with Crippen LogP contribution in [0.3, 0.4) is 0 Å². The highest BCUT2D eigenvalue weighted by molar-refractivity contribution is 4.99. The predicted molar refractivity (Wildman–Crippen MR) is 92.4 cm³/mol. The average molecular weight is 295 g/mol. The first-order valence-corrected chi connectivity index (χ1v) is 9.27. The van der Waals surface area contributed by atoms with Crippen LogP contribution in [0.4, 0.5) is 0 Å². The molecule has 124 valence electrons. The summed E-state index contributed by atoms with van der Waals surface area (Å²) in [6.07, 6.45) is 9.48. The summed E-state index contributed by atoms with van der Waals surface area (Å²) in [6.45, 7) is 14.2. The molecule has 2 aliphatic rings. The van der Waals surface area contributed by atoms with Crippen LogP contribution in [0.2, 0.25) is 0 Å². The molecular weight excluding hydrogens is 256 g/mol. The smallest absolute Gasteiger partial charge is 0.0334 e. The van der Waals surface area contributed by atoms with Crippen molar-refractivity contribution >= 4 is 0 Å². The van der Waals surface area contributed by atoms with Crippen LogP contribution in [0.25, 0.3) is 0 Å². The van der Waals surface area contributed by atoms with Crippen molar-refractivity contribution < 1.29 is 0 Å². The molecule has 2 N–H and O–H groups in total. The second-order valence-corrected chi connectivity index (χ2v) is 8.98. The first-order chi connectivity index (χ1) is 9.80. The lowest BCUT2D eigenvalue weighted by molar-refractivity contribution is -0.00641. The Morgan fingerprint density at radius 2 is 1.76 bits per heavy atom. The van der Waals surface area contributed by atoms with Gasteiger partial charge >= 0.3 is 0 Å². The molecule has 0 aromatic heterocycles. The van der Waals surface area contributed by atoms with Crippen LogP contribution in [0, 0.1) is 17.3 Å². The van der Waals surface area contributed by atoms with Crippen molar-refractivity contribution in [3.05, 3.63) is 0 Å². The minimum Gasteiger partial charge on any atom is -0.329 e. The maximum absolute atomic E-state index is 6.36. The van der Waals surface area contributed by atoms with Gasteiger partial charge < -0.3 is 5.73 Å². The number of hydrogen-bond acceptors (Lipinski definition) is 2. The minimum absolute atomic E-state index is 0.286. The summed E-state index contributed by atoms with van der Waals surface area (Å²) < 4.78 is 0. The standard InChI is InChI=1S/C19H38N2/c1-15-8-7-13-21(16(15)2)19(14-20)11-6-9-17(10-12-19)18(3,4)5/h15-17H,6-14,20H2,1-5H3. The van der Waals surface area contributed by atoms with E-state index in [0.29, 0.717) is 11.5 Å². The highest BCUT2D eigenvalue weighted by Gasteiger charge is 2.43. The van der Waals surface area contributed by atoms with E-state index in [1.165, 1.54) is 51.5 Å². The third-order valence-electron chi connectivity index (χ3n) is 6.74. The molecule has 1 saturated heterocycles. The summed E-state index contributed by atoms with van der Waals surface area (Å²) in [4.78, 5) is 2.81. The van der Waals surface area contributed by atoms with Gasteiger partial charge in [-0.05, 0) is 69.2 Å². The molecule has 2 nitrogen and oxygen atoms in total. The van der Waals surface area contributed by atoms with Crippen LogP contribution in [-0.2, 0) is 0 Å². The topological polar surface area (TPSA) is 29.3 Å². The van der Waals surface area contributed by atoms with Crippen molar-refractivity contribution in [2.45, 2.75) is 91.1 Å². The molecule has 4 unspecified atom stereocenters. The average Bonchev–Trinajstić information content (AvgIpc) is 2.65. The number of hydrogen-bond donors (Lipinski definition) is 1. The molecule has 0 aromatic carbocycles. The molecule has 1 heterocycles. The van der Waals surface area contributed by atoms with E-state index in [2.05, 4.69) is 39.5 Å². The largest absolute Gasteiger partial charge is 0.329 e. The van der Waals surface area contributed by atoms with E-state index < -0.39 is 0 Å². The van der Waals surface area contributed by atoms with Gasteiger partial charge in [0.05, 0.1) is 0 Å². The van der Waals surface area contributed by atoms with E-state index in [4.69, 9.17) is 5.73 Å². The van der Waals surface area contributed by atoms with E-state index in [-0.39, 0.29) is 5.54 Å². The second kappa shape index (κ2) is 6.58. The second-order valence-electron chi connectivity index (χ2n) is 8.98. The Hall–Kier alpha value is -0.0800. The van der Waals surface area contributed by atoms with Crippen molar-refractivity contribution in [3.8, 4) is 0 Å². The van der Waals surface area contributed by atoms with Crippen molar-refractivity contribution in [1.82, 2.24) is 4.90 Å². The van der Waals surface area contributed by atoms with Crippen molar-refractivity contribution in [3.63, 3.8) is 0 Å². The predicted octanol–water partition coefficient (Wildman–Crippen LogP) is 4.43. The maximum Gasteiger partial charge on any atom is 0.0334 e. The highest BCUT2D eigenvalue weighted by atomic mass is 15.2. The summed E-state index contributed by atoms with van der Waals surface area (Å²) >= 11 is 0. The van der Waals surface area contributed by atoms with E-state index in [1.807, 2.05) is 0 Å². The van der Waals surface area contributed by atoms with Gasteiger partial charge in [0.1, 0.15) is 0 Å². The fourth-order valence-corrected chi connectivity index (χ4v) is 4.87. The zero-order valence-corrected chi connectivity index (χ0v) is 15.1. The molecular formula is C19H38N2. The third kappa shape index (κ3) is 3.64. The molecule has 21 heavy (non-hydrogen) atoms. The van der Waals surface area contributed by atoms with Crippen molar-refractivity contribution in [2.24, 2.45) is 23.0 Å². The molecule has 0 amide bonds. The van der Waals surface area contributed by atoms with Crippen LogP contribution in [-0.4, -0.2) is 29.6 Å². The van der Waals surface area contributed by atoms with E-state index in [1.54, 1.807) is 0 Å². The number of nitrogens with two attached hydrogens (primary N) is 1. The van der Waals surface area contributed by atoms with Gasteiger partial charge in [-0.1, -0.05) is 34.1 Å². The van der Waals surface area contributed by atoms with Gasteiger partial charge in [-0.2, -0.15) is 0 Å². The number of rotatable bonds is 2. The molecule has 2 fully saturated rings. The molecule has 4 atom stereocenters. The van der Waals surface area contributed by atoms with Crippen LogP contribution >= 0.6 is 0 Å². The Bertz CT molecular complexity index is 333. The number of nitrogens with zero attached hydrogens (tertiary/aromatic N) is 1. The Morgan fingerprint density at radius 3 is 2.38 bits per heavy atom. The monoisotopic (exact) mass is 294 g/mol. The summed E-state index contributed by atoms with van der Waals surface area (Å²) in [7, 11) is 0. The summed E-state index contributed by atoms with van der Waals surface area (Å²) in [5.74, 6) is 1.69. The molecule has 1 saturated carbocycles. The molecule has 1 aliphatic heterocycles. The Balaban J connectivity index is 2.14. The third-order valence-corrected chi connectivity index (χ3v) is 6.74. The van der Waals surface area contributed by atoms with Gasteiger partial charge in [-0.15, -0.1) is 0 Å². The SMILES string of the molecule is CC1CCCN(C2(CN)CCCC(C(C)(C)C)CC2)C1C. The first-order valence-electron chi connectivity index (χ1n) is 9.27. The zero-order chi connectivity index (χ0) is 15.7. The molecule has 0 radical (unpaired) electrons. The van der Waals surface area contributed by atoms with Gasteiger partial charge in [0.25, 0.3) is 0 Å². The molecule has 0 spiro atoms. The minimum atomic E-state index is 0.286. The summed E-state index contributed by atoms with van der Waals surface area (Å²) in [6, 6.07) is 0.702. The van der Waals surface area contributed by atoms with E-state index >= 15 is 0 Å². The van der Waals surface area contributed by atoms with Crippen LogP contribution in [0.1, 0.15) is 79.6 Å². The van der Waals surface area contributed by atoms with Gasteiger partial charge in [0, 0.05) is 18.1 Å². The van der Waals surface area contributed by atoms with Crippen LogP contribution in [0.5, 0.6) is 0 Å². The molecule has 2 heteroatoms. The summed E-state index contributed by atoms with van der Waals surface area (Å²) in [5.41, 5.74) is 7.09. The Morgan fingerprint density at radius 1 is 1.05 bits per heavy atom. The lowest BCUT2D eigenvalue weighted by atomic mass is 9.75. The molecule has 1 aliphatic carbocycles. The highest BCUT2D eigenvalue weighted by Crippen LogP contribution is 2.43. The normalized spacial score (nSPS) is 40.0. The molecule has 2 rings (SSSR count). The zero-order valence-electron chi connectivity index (χ0n) is 15.1. The molecule has 0 bridgehead atoms. The van der Waals surface area contributed by atoms with Crippen molar-refractivity contribution in [1.29, 1.82) is 0 Å². The quantitative estimate of drug-likeness (QED) is 0.763. The number of piperidine rings is 1. The van der Waals surface area contributed by atoms with Gasteiger partial charge in [0.2, 0.25) is 0 Å². The Kier molecular flexibility index (Phi) is 5.41. The van der Waals surface area contributed by atoms with Gasteiger partial charge in [0.15, 0.2) is 0 Å². The number of likely N-dealkylation sites (tertiary alicyclic amines) is 1. The summed E-state index contributed by atoms with van der Waals surface area (Å²) in [5, 5.41) is 0. The Labute approximate surface area is 132 Å². The fraction of sp³-hybridized carbons (Fsp3) is 1.00. The van der Waals surface area contributed by atoms with Crippen molar-refractivity contribution in [2.75, 3.05) is 13.1 Å². The lowest BCUT2D eigenvalue weighted by Gasteiger charge is -2.51. The maximum atomic E-state index is 6.36. The fourth-order valence-electron chi connectivity index (χ4n) is 4.87.